The fourth-order valence-electron chi connectivity index (χ4n) is 1.56. The van der Waals surface area contributed by atoms with Crippen molar-refractivity contribution in [2.24, 2.45) is 0 Å². The average molecular weight is 242 g/mol. The molecule has 0 radical (unpaired) electrons. The molecule has 1 aromatic rings. The second-order valence-electron chi connectivity index (χ2n) is 4.00. The number of aliphatic hydroxyl groups is 1. The molecular weight excluding hydrogens is 220 g/mol. The van der Waals surface area contributed by atoms with Gasteiger partial charge in [0, 0.05) is 11.9 Å². The Balaban J connectivity index is 1.98. The van der Waals surface area contributed by atoms with Crippen molar-refractivity contribution in [2.75, 3.05) is 11.9 Å². The van der Waals surface area contributed by atoms with Gasteiger partial charge in [0.1, 0.15) is 0 Å². The molecule has 1 heterocycles. The summed E-state index contributed by atoms with van der Waals surface area (Å²) in [5, 5.41) is 15.0. The Bertz CT molecular complexity index is 276. The topological polar surface area (TPSA) is 45.2 Å². The Kier molecular flexibility index (Phi) is 7.17. The Hall–Kier alpha value is -0.610. The predicted octanol–water partition coefficient (Wildman–Crippen LogP) is 3.41. The molecule has 0 aromatic carbocycles. The van der Waals surface area contributed by atoms with E-state index in [1.54, 1.807) is 11.3 Å². The lowest BCUT2D eigenvalue weighted by Gasteiger charge is -2.02. The summed E-state index contributed by atoms with van der Waals surface area (Å²) in [5.74, 6) is 0. The predicted molar refractivity (Wildman–Crippen MR) is 69.9 cm³/mol. The van der Waals surface area contributed by atoms with Gasteiger partial charge < -0.3 is 10.4 Å². The molecule has 0 aliphatic rings. The summed E-state index contributed by atoms with van der Waals surface area (Å²) in [6.45, 7) is 3.27. The van der Waals surface area contributed by atoms with E-state index in [0.29, 0.717) is 0 Å². The molecule has 1 rings (SSSR count). The van der Waals surface area contributed by atoms with E-state index in [1.165, 1.54) is 38.5 Å². The van der Waals surface area contributed by atoms with E-state index < -0.39 is 0 Å². The first kappa shape index (κ1) is 13.5. The van der Waals surface area contributed by atoms with E-state index in [9.17, 15) is 0 Å². The SMILES string of the molecule is CCCCCCCCNc1nc(CO)cs1. The lowest BCUT2D eigenvalue weighted by Crippen LogP contribution is -2.01. The van der Waals surface area contributed by atoms with Crippen molar-refractivity contribution in [3.8, 4) is 0 Å². The summed E-state index contributed by atoms with van der Waals surface area (Å²) in [6, 6.07) is 0. The largest absolute Gasteiger partial charge is 0.390 e. The highest BCUT2D eigenvalue weighted by atomic mass is 32.1. The zero-order valence-corrected chi connectivity index (χ0v) is 10.9. The van der Waals surface area contributed by atoms with Gasteiger partial charge in [-0.05, 0) is 6.42 Å². The fraction of sp³-hybridized carbons (Fsp3) is 0.750. The second kappa shape index (κ2) is 8.53. The van der Waals surface area contributed by atoms with Gasteiger partial charge in [0.2, 0.25) is 0 Å². The molecule has 92 valence electrons. The molecule has 0 spiro atoms. The number of nitrogens with one attached hydrogen (secondary N) is 1. The van der Waals surface area contributed by atoms with Crippen LogP contribution >= 0.6 is 11.3 Å². The van der Waals surface area contributed by atoms with E-state index >= 15 is 0 Å². The molecule has 0 fully saturated rings. The van der Waals surface area contributed by atoms with Crippen molar-refractivity contribution in [1.82, 2.24) is 4.98 Å². The zero-order chi connectivity index (χ0) is 11.6. The molecule has 3 nitrogen and oxygen atoms in total. The van der Waals surface area contributed by atoms with Gasteiger partial charge in [-0.2, -0.15) is 0 Å². The fourth-order valence-corrected chi connectivity index (χ4v) is 2.29. The highest BCUT2D eigenvalue weighted by Gasteiger charge is 1.99. The van der Waals surface area contributed by atoms with Gasteiger partial charge >= 0.3 is 0 Å². The van der Waals surface area contributed by atoms with Gasteiger partial charge in [0.05, 0.1) is 12.3 Å². The van der Waals surface area contributed by atoms with E-state index in [0.717, 1.165) is 17.4 Å². The normalized spacial score (nSPS) is 10.6. The highest BCUT2D eigenvalue weighted by molar-refractivity contribution is 7.13. The van der Waals surface area contributed by atoms with Crippen LogP contribution in [0, 0.1) is 0 Å². The van der Waals surface area contributed by atoms with Crippen molar-refractivity contribution in [2.45, 2.75) is 52.1 Å². The highest BCUT2D eigenvalue weighted by Crippen LogP contribution is 2.15. The number of rotatable bonds is 9. The first-order valence-electron chi connectivity index (χ1n) is 6.16. The standard InChI is InChI=1S/C12H22N2OS/c1-2-3-4-5-6-7-8-13-12-14-11(9-15)10-16-12/h10,15H,2-9H2,1H3,(H,13,14). The Morgan fingerprint density at radius 1 is 1.25 bits per heavy atom. The first-order chi connectivity index (χ1) is 7.86. The lowest BCUT2D eigenvalue weighted by atomic mass is 10.1. The van der Waals surface area contributed by atoms with E-state index in [1.807, 2.05) is 5.38 Å². The van der Waals surface area contributed by atoms with Crippen LogP contribution in [0.2, 0.25) is 0 Å². The number of nitrogens with zero attached hydrogens (tertiary/aromatic N) is 1. The summed E-state index contributed by atoms with van der Waals surface area (Å²) < 4.78 is 0. The number of unbranched alkanes of at least 4 members (excludes halogenated alkanes) is 5. The van der Waals surface area contributed by atoms with Crippen LogP contribution in [0.1, 0.15) is 51.1 Å². The first-order valence-corrected chi connectivity index (χ1v) is 7.04. The Morgan fingerprint density at radius 2 is 2.00 bits per heavy atom. The van der Waals surface area contributed by atoms with Crippen LogP contribution in [0.4, 0.5) is 5.13 Å². The van der Waals surface area contributed by atoms with Crippen molar-refractivity contribution < 1.29 is 5.11 Å². The van der Waals surface area contributed by atoms with Crippen LogP contribution in [-0.2, 0) is 6.61 Å². The van der Waals surface area contributed by atoms with E-state index in [2.05, 4.69) is 17.2 Å². The molecular formula is C12H22N2OS. The molecule has 0 atom stereocenters. The molecule has 0 saturated carbocycles. The van der Waals surface area contributed by atoms with E-state index in [-0.39, 0.29) is 6.61 Å². The number of hydrogen-bond donors (Lipinski definition) is 2. The molecule has 2 N–H and O–H groups in total. The van der Waals surface area contributed by atoms with Crippen molar-refractivity contribution >= 4 is 16.5 Å². The monoisotopic (exact) mass is 242 g/mol. The van der Waals surface area contributed by atoms with Gasteiger partial charge in [-0.3, -0.25) is 0 Å². The third-order valence-corrected chi connectivity index (χ3v) is 3.37. The van der Waals surface area contributed by atoms with Crippen LogP contribution in [0.3, 0.4) is 0 Å². The minimum absolute atomic E-state index is 0.0369. The molecule has 0 saturated heterocycles. The minimum atomic E-state index is 0.0369. The Morgan fingerprint density at radius 3 is 2.69 bits per heavy atom. The molecule has 0 aliphatic heterocycles. The smallest absolute Gasteiger partial charge is 0.182 e. The molecule has 0 aliphatic carbocycles. The minimum Gasteiger partial charge on any atom is -0.390 e. The summed E-state index contributed by atoms with van der Waals surface area (Å²) in [7, 11) is 0. The summed E-state index contributed by atoms with van der Waals surface area (Å²) >= 11 is 1.56. The summed E-state index contributed by atoms with van der Waals surface area (Å²) in [5.41, 5.74) is 0.760. The number of hydrogen-bond acceptors (Lipinski definition) is 4. The molecule has 0 unspecified atom stereocenters. The third kappa shape index (κ3) is 5.47. The Labute approximate surface area is 102 Å². The second-order valence-corrected chi connectivity index (χ2v) is 4.85. The van der Waals surface area contributed by atoms with Gasteiger partial charge in [0.25, 0.3) is 0 Å². The van der Waals surface area contributed by atoms with Crippen molar-refractivity contribution in [3.05, 3.63) is 11.1 Å². The van der Waals surface area contributed by atoms with Gasteiger partial charge in [-0.25, -0.2) is 4.98 Å². The number of aliphatic hydroxyl groups excluding tert-OH is 1. The molecule has 16 heavy (non-hydrogen) atoms. The van der Waals surface area contributed by atoms with Gasteiger partial charge in [-0.1, -0.05) is 39.0 Å². The number of anilines is 1. The van der Waals surface area contributed by atoms with E-state index in [4.69, 9.17) is 5.11 Å². The van der Waals surface area contributed by atoms with Crippen molar-refractivity contribution in [1.29, 1.82) is 0 Å². The zero-order valence-electron chi connectivity index (χ0n) is 10.0. The third-order valence-electron chi connectivity index (χ3n) is 2.52. The average Bonchev–Trinajstić information content (AvgIpc) is 2.76. The number of aromatic nitrogens is 1. The molecule has 0 amide bonds. The molecule has 1 aromatic heterocycles. The summed E-state index contributed by atoms with van der Waals surface area (Å²) in [4.78, 5) is 4.23. The maximum Gasteiger partial charge on any atom is 0.182 e. The maximum absolute atomic E-state index is 8.86. The summed E-state index contributed by atoms with van der Waals surface area (Å²) in [6.07, 6.45) is 7.88. The molecule has 4 heteroatoms. The van der Waals surface area contributed by atoms with Crippen LogP contribution in [-0.4, -0.2) is 16.6 Å². The van der Waals surface area contributed by atoms with Crippen molar-refractivity contribution in [3.63, 3.8) is 0 Å². The quantitative estimate of drug-likeness (QED) is 0.652. The van der Waals surface area contributed by atoms with Gasteiger partial charge in [-0.15, -0.1) is 11.3 Å². The maximum atomic E-state index is 8.86. The van der Waals surface area contributed by atoms with Crippen LogP contribution in [0.25, 0.3) is 0 Å². The van der Waals surface area contributed by atoms with Crippen LogP contribution < -0.4 is 5.32 Å². The lowest BCUT2D eigenvalue weighted by molar-refractivity contribution is 0.278. The van der Waals surface area contributed by atoms with Crippen LogP contribution in [0.15, 0.2) is 5.38 Å². The van der Waals surface area contributed by atoms with Crippen LogP contribution in [0.5, 0.6) is 0 Å². The molecule has 0 bridgehead atoms. The number of thiazole rings is 1. The van der Waals surface area contributed by atoms with Gasteiger partial charge in [0.15, 0.2) is 5.13 Å².